The zero-order chi connectivity index (χ0) is 15.4. The summed E-state index contributed by atoms with van der Waals surface area (Å²) in [5.74, 6) is 0.269. The Morgan fingerprint density at radius 1 is 1.57 bits per heavy atom. The first-order valence-electron chi connectivity index (χ1n) is 6.30. The van der Waals surface area contributed by atoms with Gasteiger partial charge in [-0.25, -0.2) is 4.68 Å². The molecule has 0 aliphatic rings. The number of benzene rings is 1. The number of ether oxygens (including phenoxy) is 1. The van der Waals surface area contributed by atoms with E-state index in [1.54, 1.807) is 31.3 Å². The minimum atomic E-state index is -0.540. The second kappa shape index (κ2) is 6.55. The number of aromatic nitrogens is 3. The summed E-state index contributed by atoms with van der Waals surface area (Å²) in [6, 6.07) is 4.45. The van der Waals surface area contributed by atoms with Gasteiger partial charge < -0.3 is 15.8 Å². The van der Waals surface area contributed by atoms with E-state index in [4.69, 9.17) is 22.1 Å². The molecule has 112 valence electrons. The van der Waals surface area contributed by atoms with Gasteiger partial charge in [0.2, 0.25) is 5.91 Å². The van der Waals surface area contributed by atoms with Crippen molar-refractivity contribution in [3.8, 4) is 5.75 Å². The molecule has 3 N–H and O–H groups in total. The topological polar surface area (TPSA) is 95.1 Å². The highest BCUT2D eigenvalue weighted by Crippen LogP contribution is 2.28. The fourth-order valence-corrected chi connectivity index (χ4v) is 1.90. The maximum Gasteiger partial charge on any atom is 0.249 e. The fraction of sp³-hybridized carbons (Fsp3) is 0.308. The number of hydrogen-bond acceptors (Lipinski definition) is 5. The van der Waals surface area contributed by atoms with Crippen LogP contribution in [0.2, 0.25) is 5.02 Å². The molecule has 2 aromatic rings. The van der Waals surface area contributed by atoms with E-state index in [1.807, 2.05) is 0 Å². The van der Waals surface area contributed by atoms with Crippen LogP contribution in [0.4, 0.5) is 5.69 Å². The lowest BCUT2D eigenvalue weighted by Crippen LogP contribution is -2.24. The smallest absolute Gasteiger partial charge is 0.249 e. The SMILES string of the molecule is COc1ccc(Cl)cc1NC(=O)C(C)n1cc(CN)nn1. The number of methoxy groups -OCH3 is 1. The number of nitrogens with two attached hydrogens (primary N) is 1. The van der Waals surface area contributed by atoms with Gasteiger partial charge in [0.15, 0.2) is 0 Å². The van der Waals surface area contributed by atoms with Crippen molar-refractivity contribution in [2.75, 3.05) is 12.4 Å². The monoisotopic (exact) mass is 309 g/mol. The van der Waals surface area contributed by atoms with Gasteiger partial charge in [0.1, 0.15) is 11.8 Å². The Balaban J connectivity index is 2.15. The van der Waals surface area contributed by atoms with Crippen molar-refractivity contribution in [1.82, 2.24) is 15.0 Å². The predicted octanol–water partition coefficient (Wildman–Crippen LogP) is 1.60. The molecular formula is C13H16ClN5O2. The molecule has 1 amide bonds. The highest BCUT2D eigenvalue weighted by Gasteiger charge is 2.18. The van der Waals surface area contributed by atoms with E-state index < -0.39 is 6.04 Å². The minimum absolute atomic E-state index is 0.260. The largest absolute Gasteiger partial charge is 0.495 e. The zero-order valence-corrected chi connectivity index (χ0v) is 12.5. The molecule has 0 saturated heterocycles. The molecule has 1 heterocycles. The summed E-state index contributed by atoms with van der Waals surface area (Å²) in [4.78, 5) is 12.3. The van der Waals surface area contributed by atoms with Crippen LogP contribution in [0.15, 0.2) is 24.4 Å². The second-order valence-corrected chi connectivity index (χ2v) is 4.84. The summed E-state index contributed by atoms with van der Waals surface area (Å²) < 4.78 is 6.64. The van der Waals surface area contributed by atoms with Crippen LogP contribution in [-0.2, 0) is 11.3 Å². The summed E-state index contributed by atoms with van der Waals surface area (Å²) >= 11 is 5.93. The van der Waals surface area contributed by atoms with Crippen LogP contribution in [0.5, 0.6) is 5.75 Å². The quantitative estimate of drug-likeness (QED) is 0.874. The average molecular weight is 310 g/mol. The normalized spacial score (nSPS) is 12.0. The van der Waals surface area contributed by atoms with Crippen molar-refractivity contribution in [2.24, 2.45) is 5.73 Å². The van der Waals surface area contributed by atoms with E-state index in [0.29, 0.717) is 22.2 Å². The Kier molecular flexibility index (Phi) is 4.77. The number of hydrogen-bond donors (Lipinski definition) is 2. The lowest BCUT2D eigenvalue weighted by Gasteiger charge is -2.14. The van der Waals surface area contributed by atoms with E-state index in [-0.39, 0.29) is 12.5 Å². The summed E-state index contributed by atoms with van der Waals surface area (Å²) in [6.45, 7) is 1.98. The van der Waals surface area contributed by atoms with Crippen LogP contribution in [-0.4, -0.2) is 28.0 Å². The number of amides is 1. The van der Waals surface area contributed by atoms with Gasteiger partial charge in [-0.15, -0.1) is 5.10 Å². The van der Waals surface area contributed by atoms with Crippen LogP contribution in [0.3, 0.4) is 0 Å². The molecule has 7 nitrogen and oxygen atoms in total. The molecule has 0 aliphatic carbocycles. The first-order chi connectivity index (χ1) is 10.0. The van der Waals surface area contributed by atoms with Crippen molar-refractivity contribution in [3.63, 3.8) is 0 Å². The third-order valence-corrected chi connectivity index (χ3v) is 3.20. The van der Waals surface area contributed by atoms with Gasteiger partial charge in [-0.05, 0) is 25.1 Å². The van der Waals surface area contributed by atoms with Gasteiger partial charge in [0.05, 0.1) is 24.7 Å². The first-order valence-corrected chi connectivity index (χ1v) is 6.68. The zero-order valence-electron chi connectivity index (χ0n) is 11.7. The molecule has 0 spiro atoms. The van der Waals surface area contributed by atoms with Crippen LogP contribution in [0.25, 0.3) is 0 Å². The molecule has 2 rings (SSSR count). The number of halogens is 1. The summed E-state index contributed by atoms with van der Waals surface area (Å²) in [5, 5.41) is 11.0. The Hall–Kier alpha value is -2.12. The molecule has 1 aromatic heterocycles. The number of rotatable bonds is 5. The number of carbonyl (C=O) groups is 1. The number of anilines is 1. The highest BCUT2D eigenvalue weighted by atomic mass is 35.5. The van der Waals surface area contributed by atoms with Gasteiger partial charge in [-0.1, -0.05) is 16.8 Å². The summed E-state index contributed by atoms with van der Waals surface area (Å²) in [5.41, 5.74) is 6.59. The molecule has 1 aromatic carbocycles. The second-order valence-electron chi connectivity index (χ2n) is 4.40. The third-order valence-electron chi connectivity index (χ3n) is 2.96. The molecule has 8 heteroatoms. The third kappa shape index (κ3) is 3.50. The number of nitrogens with zero attached hydrogens (tertiary/aromatic N) is 3. The molecule has 0 aliphatic heterocycles. The van der Waals surface area contributed by atoms with Crippen molar-refractivity contribution in [3.05, 3.63) is 35.1 Å². The van der Waals surface area contributed by atoms with E-state index in [0.717, 1.165) is 0 Å². The Labute approximate surface area is 127 Å². The lowest BCUT2D eigenvalue weighted by molar-refractivity contribution is -0.119. The molecule has 1 atom stereocenters. The van der Waals surface area contributed by atoms with Gasteiger partial charge in [0, 0.05) is 11.6 Å². The van der Waals surface area contributed by atoms with Crippen molar-refractivity contribution >= 4 is 23.2 Å². The van der Waals surface area contributed by atoms with E-state index in [9.17, 15) is 4.79 Å². The molecule has 0 bridgehead atoms. The van der Waals surface area contributed by atoms with Crippen molar-refractivity contribution < 1.29 is 9.53 Å². The van der Waals surface area contributed by atoms with Crippen LogP contribution in [0, 0.1) is 0 Å². The fourth-order valence-electron chi connectivity index (χ4n) is 1.73. The van der Waals surface area contributed by atoms with E-state index >= 15 is 0 Å². The van der Waals surface area contributed by atoms with Crippen LogP contribution < -0.4 is 15.8 Å². The Morgan fingerprint density at radius 2 is 2.33 bits per heavy atom. The molecule has 21 heavy (non-hydrogen) atoms. The Bertz CT molecular complexity index is 643. The van der Waals surface area contributed by atoms with Gasteiger partial charge in [-0.3, -0.25) is 4.79 Å². The molecule has 0 radical (unpaired) electrons. The molecular weight excluding hydrogens is 294 g/mol. The average Bonchev–Trinajstić information content (AvgIpc) is 2.95. The van der Waals surface area contributed by atoms with Gasteiger partial charge >= 0.3 is 0 Å². The van der Waals surface area contributed by atoms with E-state index in [1.165, 1.54) is 11.8 Å². The minimum Gasteiger partial charge on any atom is -0.495 e. The lowest BCUT2D eigenvalue weighted by atomic mass is 10.2. The van der Waals surface area contributed by atoms with Gasteiger partial charge in [-0.2, -0.15) is 0 Å². The molecule has 0 fully saturated rings. The highest BCUT2D eigenvalue weighted by molar-refractivity contribution is 6.31. The van der Waals surface area contributed by atoms with Crippen molar-refractivity contribution in [2.45, 2.75) is 19.5 Å². The Morgan fingerprint density at radius 3 is 2.95 bits per heavy atom. The first kappa shape index (κ1) is 15.3. The summed E-state index contributed by atoms with van der Waals surface area (Å²) in [6.07, 6.45) is 1.64. The summed E-state index contributed by atoms with van der Waals surface area (Å²) in [7, 11) is 1.52. The van der Waals surface area contributed by atoms with Crippen LogP contribution >= 0.6 is 11.6 Å². The maximum absolute atomic E-state index is 12.3. The van der Waals surface area contributed by atoms with E-state index in [2.05, 4.69) is 15.6 Å². The standard InChI is InChI=1S/C13H16ClN5O2/c1-8(19-7-10(6-15)17-18-19)13(20)16-11-5-9(14)3-4-12(11)21-2/h3-5,7-8H,6,15H2,1-2H3,(H,16,20). The van der Waals surface area contributed by atoms with Crippen molar-refractivity contribution in [1.29, 1.82) is 0 Å². The molecule has 0 saturated carbocycles. The van der Waals surface area contributed by atoms with Crippen LogP contribution in [0.1, 0.15) is 18.7 Å². The number of carbonyl (C=O) groups excluding carboxylic acids is 1. The predicted molar refractivity (Wildman–Crippen MR) is 79.3 cm³/mol. The maximum atomic E-state index is 12.3. The van der Waals surface area contributed by atoms with Gasteiger partial charge in [0.25, 0.3) is 0 Å². The number of nitrogens with one attached hydrogen (secondary N) is 1. The molecule has 1 unspecified atom stereocenters.